The molecule has 0 aliphatic heterocycles. The van der Waals surface area contributed by atoms with Crippen molar-refractivity contribution in [3.05, 3.63) is 90.0 Å². The van der Waals surface area contributed by atoms with Crippen molar-refractivity contribution in [1.82, 2.24) is 4.31 Å². The minimum absolute atomic E-state index is 0.120. The number of hydrogen-bond acceptors (Lipinski definition) is 4. The van der Waals surface area contributed by atoms with Crippen LogP contribution in [0.2, 0.25) is 0 Å². The topological polar surface area (TPSA) is 75.7 Å². The van der Waals surface area contributed by atoms with Crippen LogP contribution in [-0.4, -0.2) is 38.8 Å². The normalized spacial score (nSPS) is 11.4. The van der Waals surface area contributed by atoms with E-state index in [2.05, 4.69) is 12.2 Å². The lowest BCUT2D eigenvalue weighted by Crippen LogP contribution is -2.39. The van der Waals surface area contributed by atoms with Crippen LogP contribution in [0.25, 0.3) is 0 Å². The standard InChI is InChI=1S/C27H32N2O4S/c1-3-4-8-23-11-13-24(14-12-23)28-27(30)21-29(20-19-22-9-6-5-7-10-22)34(31,32)26-17-15-25(33-2)16-18-26/h5-7,9-18H,3-4,8,19-21H2,1-2H3,(H,28,30). The summed E-state index contributed by atoms with van der Waals surface area (Å²) < 4.78 is 33.1. The highest BCUT2D eigenvalue weighted by Crippen LogP contribution is 2.20. The van der Waals surface area contributed by atoms with Crippen LogP contribution in [0.4, 0.5) is 5.69 Å². The van der Waals surface area contributed by atoms with E-state index in [-0.39, 0.29) is 23.9 Å². The Labute approximate surface area is 202 Å². The number of sulfonamides is 1. The van der Waals surface area contributed by atoms with Gasteiger partial charge in [-0.3, -0.25) is 4.79 Å². The highest BCUT2D eigenvalue weighted by atomic mass is 32.2. The van der Waals surface area contributed by atoms with Gasteiger partial charge in [0.25, 0.3) is 0 Å². The van der Waals surface area contributed by atoms with Crippen LogP contribution >= 0.6 is 0 Å². The van der Waals surface area contributed by atoms with E-state index >= 15 is 0 Å². The fourth-order valence-corrected chi connectivity index (χ4v) is 4.97. The van der Waals surface area contributed by atoms with Crippen LogP contribution in [0.1, 0.15) is 30.9 Å². The maximum Gasteiger partial charge on any atom is 0.243 e. The molecule has 0 aliphatic carbocycles. The van der Waals surface area contributed by atoms with Gasteiger partial charge in [-0.25, -0.2) is 8.42 Å². The van der Waals surface area contributed by atoms with E-state index < -0.39 is 10.0 Å². The number of carbonyl (C=O) groups excluding carboxylic acids is 1. The monoisotopic (exact) mass is 480 g/mol. The Morgan fingerprint density at radius 3 is 2.15 bits per heavy atom. The first kappa shape index (κ1) is 25.5. The zero-order chi connectivity index (χ0) is 24.4. The van der Waals surface area contributed by atoms with Crippen LogP contribution in [-0.2, 0) is 27.7 Å². The molecule has 0 fully saturated rings. The Morgan fingerprint density at radius 1 is 0.882 bits per heavy atom. The Kier molecular flexibility index (Phi) is 9.24. The lowest BCUT2D eigenvalue weighted by molar-refractivity contribution is -0.116. The SMILES string of the molecule is CCCCc1ccc(NC(=O)CN(CCc2ccccc2)S(=O)(=O)c2ccc(OC)cc2)cc1. The molecule has 0 aliphatic rings. The summed E-state index contributed by atoms with van der Waals surface area (Å²) >= 11 is 0. The summed E-state index contributed by atoms with van der Waals surface area (Å²) in [6.45, 7) is 2.05. The number of anilines is 1. The van der Waals surface area contributed by atoms with Gasteiger partial charge in [0, 0.05) is 12.2 Å². The average molecular weight is 481 g/mol. The van der Waals surface area contributed by atoms with E-state index in [9.17, 15) is 13.2 Å². The Balaban J connectivity index is 1.74. The molecule has 3 aromatic carbocycles. The number of benzene rings is 3. The zero-order valence-corrected chi connectivity index (χ0v) is 20.6. The van der Waals surface area contributed by atoms with Crippen LogP contribution in [0.15, 0.2) is 83.8 Å². The summed E-state index contributed by atoms with van der Waals surface area (Å²) in [7, 11) is -2.36. The van der Waals surface area contributed by atoms with Crippen molar-refractivity contribution in [2.75, 3.05) is 25.5 Å². The fourth-order valence-electron chi connectivity index (χ4n) is 3.58. The molecule has 0 unspecified atom stereocenters. The number of hydrogen-bond donors (Lipinski definition) is 1. The zero-order valence-electron chi connectivity index (χ0n) is 19.7. The van der Waals surface area contributed by atoms with Crippen LogP contribution in [0.3, 0.4) is 0 Å². The molecule has 1 amide bonds. The van der Waals surface area contributed by atoms with Gasteiger partial charge in [-0.05, 0) is 66.8 Å². The lowest BCUT2D eigenvalue weighted by Gasteiger charge is -2.22. The van der Waals surface area contributed by atoms with Gasteiger partial charge in [-0.15, -0.1) is 0 Å². The molecule has 0 radical (unpaired) electrons. The molecule has 3 aromatic rings. The number of nitrogens with zero attached hydrogens (tertiary/aromatic N) is 1. The molecular weight excluding hydrogens is 448 g/mol. The number of carbonyl (C=O) groups is 1. The maximum absolute atomic E-state index is 13.4. The first-order valence-electron chi connectivity index (χ1n) is 11.5. The first-order chi connectivity index (χ1) is 16.4. The predicted octanol–water partition coefficient (Wildman–Crippen LogP) is 4.91. The fraction of sp³-hybridized carbons (Fsp3) is 0.296. The number of ether oxygens (including phenoxy) is 1. The summed E-state index contributed by atoms with van der Waals surface area (Å²) in [6.07, 6.45) is 3.74. The van der Waals surface area contributed by atoms with Crippen molar-refractivity contribution >= 4 is 21.6 Å². The molecule has 0 spiro atoms. The second-order valence-corrected chi connectivity index (χ2v) is 10.0. The van der Waals surface area contributed by atoms with E-state index in [0.717, 1.165) is 24.8 Å². The van der Waals surface area contributed by atoms with Gasteiger partial charge in [0.15, 0.2) is 0 Å². The molecule has 0 atom stereocenters. The van der Waals surface area contributed by atoms with E-state index in [0.29, 0.717) is 17.9 Å². The number of unbranched alkanes of at least 4 members (excludes halogenated alkanes) is 1. The molecule has 0 saturated carbocycles. The Bertz CT molecular complexity index is 1150. The van der Waals surface area contributed by atoms with Gasteiger partial charge in [0.2, 0.25) is 15.9 Å². The summed E-state index contributed by atoms with van der Waals surface area (Å²) in [5, 5.41) is 2.83. The molecule has 3 rings (SSSR count). The molecule has 0 saturated heterocycles. The Hall–Kier alpha value is -3.16. The summed E-state index contributed by atoms with van der Waals surface area (Å²) in [5.41, 5.74) is 2.86. The summed E-state index contributed by atoms with van der Waals surface area (Å²) in [4.78, 5) is 13.0. The number of rotatable bonds is 12. The quantitative estimate of drug-likeness (QED) is 0.400. The average Bonchev–Trinajstić information content (AvgIpc) is 2.86. The van der Waals surface area contributed by atoms with Gasteiger partial charge in [-0.1, -0.05) is 55.8 Å². The minimum atomic E-state index is -3.88. The predicted molar refractivity (Wildman–Crippen MR) is 136 cm³/mol. The van der Waals surface area contributed by atoms with Gasteiger partial charge < -0.3 is 10.1 Å². The van der Waals surface area contributed by atoms with E-state index in [1.807, 2.05) is 54.6 Å². The van der Waals surface area contributed by atoms with Gasteiger partial charge in [0.1, 0.15) is 5.75 Å². The maximum atomic E-state index is 13.4. The number of amides is 1. The third-order valence-electron chi connectivity index (χ3n) is 5.57. The highest BCUT2D eigenvalue weighted by molar-refractivity contribution is 7.89. The second kappa shape index (κ2) is 12.3. The summed E-state index contributed by atoms with van der Waals surface area (Å²) in [5.74, 6) is 0.182. The first-order valence-corrected chi connectivity index (χ1v) is 12.9. The van der Waals surface area contributed by atoms with E-state index in [1.54, 1.807) is 12.1 Å². The van der Waals surface area contributed by atoms with Gasteiger partial charge >= 0.3 is 0 Å². The van der Waals surface area contributed by atoms with Crippen LogP contribution in [0, 0.1) is 0 Å². The molecule has 0 heterocycles. The van der Waals surface area contributed by atoms with Gasteiger partial charge in [-0.2, -0.15) is 4.31 Å². The van der Waals surface area contributed by atoms with Crippen LogP contribution in [0.5, 0.6) is 5.75 Å². The van der Waals surface area contributed by atoms with Crippen molar-refractivity contribution in [3.63, 3.8) is 0 Å². The summed E-state index contributed by atoms with van der Waals surface area (Å²) in [6, 6.07) is 23.5. The molecule has 34 heavy (non-hydrogen) atoms. The second-order valence-electron chi connectivity index (χ2n) is 8.10. The molecule has 6 nitrogen and oxygen atoms in total. The lowest BCUT2D eigenvalue weighted by atomic mass is 10.1. The highest BCUT2D eigenvalue weighted by Gasteiger charge is 2.26. The number of nitrogens with one attached hydrogen (secondary N) is 1. The number of methoxy groups -OCH3 is 1. The van der Waals surface area contributed by atoms with E-state index in [4.69, 9.17) is 4.74 Å². The molecule has 1 N–H and O–H groups in total. The molecular formula is C27H32N2O4S. The molecule has 180 valence electrons. The van der Waals surface area contributed by atoms with E-state index in [1.165, 1.54) is 29.1 Å². The van der Waals surface area contributed by atoms with Crippen molar-refractivity contribution < 1.29 is 17.9 Å². The molecule has 0 bridgehead atoms. The van der Waals surface area contributed by atoms with Crippen molar-refractivity contribution in [2.24, 2.45) is 0 Å². The van der Waals surface area contributed by atoms with Crippen LogP contribution < -0.4 is 10.1 Å². The smallest absolute Gasteiger partial charge is 0.243 e. The minimum Gasteiger partial charge on any atom is -0.497 e. The largest absolute Gasteiger partial charge is 0.497 e. The Morgan fingerprint density at radius 2 is 1.53 bits per heavy atom. The third kappa shape index (κ3) is 7.17. The number of aryl methyl sites for hydroxylation is 1. The van der Waals surface area contributed by atoms with Gasteiger partial charge in [0.05, 0.1) is 18.6 Å². The van der Waals surface area contributed by atoms with Crippen molar-refractivity contribution in [2.45, 2.75) is 37.5 Å². The van der Waals surface area contributed by atoms with Crippen molar-refractivity contribution in [1.29, 1.82) is 0 Å². The molecule has 7 heteroatoms. The van der Waals surface area contributed by atoms with Crippen molar-refractivity contribution in [3.8, 4) is 5.75 Å². The third-order valence-corrected chi connectivity index (χ3v) is 7.43. The molecule has 0 aromatic heterocycles.